The Morgan fingerprint density at radius 2 is 1.55 bits per heavy atom. The van der Waals surface area contributed by atoms with Gasteiger partial charge in [0.05, 0.1) is 19.2 Å². The van der Waals surface area contributed by atoms with Crippen LogP contribution in [0.3, 0.4) is 0 Å². The molecule has 0 aliphatic carbocycles. The predicted octanol–water partition coefficient (Wildman–Crippen LogP) is 5.57. The maximum Gasteiger partial charge on any atom is 0.123 e. The van der Waals surface area contributed by atoms with Gasteiger partial charge in [0.25, 0.3) is 0 Å². The van der Waals surface area contributed by atoms with Crippen molar-refractivity contribution in [2.45, 2.75) is 13.5 Å². The Labute approximate surface area is 169 Å². The molecular weight excluding hydrogens is 358 g/mol. The Hall–Kier alpha value is -3.66. The second kappa shape index (κ2) is 7.06. The minimum absolute atomic E-state index is 0.707. The quantitative estimate of drug-likeness (QED) is 0.410. The van der Waals surface area contributed by atoms with Gasteiger partial charge >= 0.3 is 0 Å². The van der Waals surface area contributed by atoms with E-state index in [4.69, 9.17) is 4.74 Å². The zero-order valence-electron chi connectivity index (χ0n) is 16.5. The number of fused-ring (bicyclic) bond motifs is 3. The van der Waals surface area contributed by atoms with Crippen LogP contribution in [0.25, 0.3) is 33.4 Å². The summed E-state index contributed by atoms with van der Waals surface area (Å²) in [6.07, 6.45) is 2.17. The summed E-state index contributed by atoms with van der Waals surface area (Å²) in [6.45, 7) is 2.80. The number of nitrogens with zero attached hydrogens (tertiary/aromatic N) is 3. The molecule has 3 aromatic rings. The summed E-state index contributed by atoms with van der Waals surface area (Å²) in [6, 6.07) is 24.9. The van der Waals surface area contributed by atoms with Crippen molar-refractivity contribution in [3.63, 3.8) is 0 Å². The molecule has 2 aliphatic heterocycles. The Morgan fingerprint density at radius 1 is 0.828 bits per heavy atom. The molecular formula is C25H21N3O. The summed E-state index contributed by atoms with van der Waals surface area (Å²) in [5.74, 6) is 0.890. The van der Waals surface area contributed by atoms with Crippen molar-refractivity contribution in [1.29, 1.82) is 0 Å². The molecule has 0 fully saturated rings. The second-order valence-electron chi connectivity index (χ2n) is 7.26. The standard InChI is InChI=1S/C25H21N3O/c1-17-11-13-18(14-12-17)24-21-16-28(15-19-7-3-6-10-23(19)29-2)22-9-5-4-8-20(22)25(21)27-26-24/h3-14,16H,15H2,1-2H3. The number of rotatable bonds is 4. The lowest BCUT2D eigenvalue weighted by molar-refractivity contribution is 0.408. The van der Waals surface area contributed by atoms with Crippen LogP contribution in [-0.2, 0) is 6.54 Å². The number of methoxy groups -OCH3 is 1. The van der Waals surface area contributed by atoms with Gasteiger partial charge in [-0.1, -0.05) is 66.2 Å². The highest BCUT2D eigenvalue weighted by Gasteiger charge is 2.20. The van der Waals surface area contributed by atoms with E-state index in [2.05, 4.69) is 82.5 Å². The summed E-state index contributed by atoms with van der Waals surface area (Å²) >= 11 is 0. The second-order valence-corrected chi connectivity index (χ2v) is 7.26. The van der Waals surface area contributed by atoms with Crippen LogP contribution in [0.4, 0.5) is 0 Å². The molecule has 0 saturated heterocycles. The van der Waals surface area contributed by atoms with Crippen LogP contribution < -0.4 is 4.74 Å². The lowest BCUT2D eigenvalue weighted by Crippen LogP contribution is -2.05. The number of benzene rings is 3. The van der Waals surface area contributed by atoms with Crippen molar-refractivity contribution in [2.75, 3.05) is 7.11 Å². The number of hydrogen-bond donors (Lipinski definition) is 0. The molecule has 0 atom stereocenters. The molecule has 2 aliphatic rings. The summed E-state index contributed by atoms with van der Waals surface area (Å²) in [5.41, 5.74) is 7.48. The molecule has 4 heteroatoms. The summed E-state index contributed by atoms with van der Waals surface area (Å²) < 4.78 is 7.83. The first-order chi connectivity index (χ1) is 14.2. The van der Waals surface area contributed by atoms with E-state index in [0.717, 1.165) is 44.7 Å². The fourth-order valence-electron chi connectivity index (χ4n) is 3.86. The molecule has 0 spiro atoms. The van der Waals surface area contributed by atoms with Crippen LogP contribution in [-0.4, -0.2) is 21.9 Å². The smallest absolute Gasteiger partial charge is 0.123 e. The number of ether oxygens (including phenoxy) is 1. The van der Waals surface area contributed by atoms with Crippen LogP contribution in [0, 0.1) is 6.92 Å². The summed E-state index contributed by atoms with van der Waals surface area (Å²) in [5, 5.41) is 10.2. The first-order valence-electron chi connectivity index (χ1n) is 9.68. The van der Waals surface area contributed by atoms with Crippen molar-refractivity contribution in [3.05, 3.63) is 90.1 Å². The van der Waals surface area contributed by atoms with E-state index in [-0.39, 0.29) is 0 Å². The maximum absolute atomic E-state index is 5.57. The van der Waals surface area contributed by atoms with Crippen molar-refractivity contribution >= 4 is 10.9 Å². The van der Waals surface area contributed by atoms with E-state index in [1.807, 2.05) is 18.2 Å². The van der Waals surface area contributed by atoms with E-state index in [0.29, 0.717) is 6.54 Å². The molecule has 29 heavy (non-hydrogen) atoms. The molecule has 0 unspecified atom stereocenters. The van der Waals surface area contributed by atoms with Crippen molar-refractivity contribution in [3.8, 4) is 28.3 Å². The summed E-state index contributed by atoms with van der Waals surface area (Å²) in [4.78, 5) is 0. The molecule has 0 aromatic heterocycles. The minimum Gasteiger partial charge on any atom is -0.496 e. The van der Waals surface area contributed by atoms with E-state index in [9.17, 15) is 0 Å². The Bertz CT molecular complexity index is 1270. The van der Waals surface area contributed by atoms with Crippen molar-refractivity contribution in [1.82, 2.24) is 14.8 Å². The maximum atomic E-state index is 5.57. The molecule has 0 saturated carbocycles. The number of para-hydroxylation sites is 2. The van der Waals surface area contributed by atoms with Crippen LogP contribution in [0.15, 0.2) is 79.0 Å². The number of pyridine rings is 1. The van der Waals surface area contributed by atoms with Gasteiger partial charge in [-0.15, -0.1) is 10.2 Å². The van der Waals surface area contributed by atoms with Gasteiger partial charge in [-0.3, -0.25) is 0 Å². The first kappa shape index (κ1) is 17.4. The van der Waals surface area contributed by atoms with Gasteiger partial charge in [-0.25, -0.2) is 0 Å². The first-order valence-corrected chi connectivity index (χ1v) is 9.68. The highest BCUT2D eigenvalue weighted by atomic mass is 16.5. The Balaban J connectivity index is 1.72. The van der Waals surface area contributed by atoms with Crippen LogP contribution >= 0.6 is 0 Å². The zero-order chi connectivity index (χ0) is 19.8. The molecule has 3 aromatic carbocycles. The predicted molar refractivity (Wildman–Crippen MR) is 116 cm³/mol. The fourth-order valence-corrected chi connectivity index (χ4v) is 3.86. The average Bonchev–Trinajstić information content (AvgIpc) is 3.19. The highest BCUT2D eigenvalue weighted by Crippen LogP contribution is 2.37. The molecule has 0 N–H and O–H groups in total. The van der Waals surface area contributed by atoms with Crippen molar-refractivity contribution in [2.24, 2.45) is 0 Å². The normalized spacial score (nSPS) is 11.2. The fraction of sp³-hybridized carbons (Fsp3) is 0.120. The number of aryl methyl sites for hydroxylation is 1. The van der Waals surface area contributed by atoms with Crippen LogP contribution in [0.1, 0.15) is 11.1 Å². The van der Waals surface area contributed by atoms with Crippen LogP contribution in [0.2, 0.25) is 0 Å². The van der Waals surface area contributed by atoms with Gasteiger partial charge in [-0.2, -0.15) is 0 Å². The van der Waals surface area contributed by atoms with E-state index >= 15 is 0 Å². The van der Waals surface area contributed by atoms with Gasteiger partial charge in [0.2, 0.25) is 0 Å². The average molecular weight is 379 g/mol. The van der Waals surface area contributed by atoms with Gasteiger partial charge in [0.1, 0.15) is 17.1 Å². The summed E-state index contributed by atoms with van der Waals surface area (Å²) in [7, 11) is 1.71. The van der Waals surface area contributed by atoms with E-state index in [1.54, 1.807) is 7.11 Å². The van der Waals surface area contributed by atoms with Gasteiger partial charge in [-0.05, 0) is 19.1 Å². The molecule has 0 amide bonds. The lowest BCUT2D eigenvalue weighted by atomic mass is 10.0. The molecule has 5 rings (SSSR count). The highest BCUT2D eigenvalue weighted by molar-refractivity contribution is 5.98. The van der Waals surface area contributed by atoms with E-state index < -0.39 is 0 Å². The monoisotopic (exact) mass is 379 g/mol. The Morgan fingerprint density at radius 3 is 2.38 bits per heavy atom. The van der Waals surface area contributed by atoms with Crippen molar-refractivity contribution < 1.29 is 4.74 Å². The lowest BCUT2D eigenvalue weighted by Gasteiger charge is -2.16. The number of aromatic nitrogens is 3. The third-order valence-electron chi connectivity index (χ3n) is 5.37. The van der Waals surface area contributed by atoms with Gasteiger partial charge in [0.15, 0.2) is 0 Å². The third-order valence-corrected chi connectivity index (χ3v) is 5.37. The zero-order valence-corrected chi connectivity index (χ0v) is 16.5. The number of hydrogen-bond acceptors (Lipinski definition) is 3. The molecule has 2 heterocycles. The molecule has 142 valence electrons. The Kier molecular flexibility index (Phi) is 4.24. The minimum atomic E-state index is 0.707. The van der Waals surface area contributed by atoms with Gasteiger partial charge < -0.3 is 9.30 Å². The van der Waals surface area contributed by atoms with Gasteiger partial charge in [0, 0.05) is 28.3 Å². The molecule has 0 radical (unpaired) electrons. The molecule has 0 bridgehead atoms. The SMILES string of the molecule is COc1ccccc1Cn1cc2c(-c3ccc(C)cc3)nnc-2c2ccccc21. The largest absolute Gasteiger partial charge is 0.496 e. The van der Waals surface area contributed by atoms with Crippen LogP contribution in [0.5, 0.6) is 5.75 Å². The topological polar surface area (TPSA) is 39.9 Å². The van der Waals surface area contributed by atoms with E-state index in [1.165, 1.54) is 5.56 Å². The third kappa shape index (κ3) is 3.03. The molecule has 4 nitrogen and oxygen atoms in total.